The number of methoxy groups -OCH3 is 1. The van der Waals surface area contributed by atoms with Gasteiger partial charge >= 0.3 is 0 Å². The van der Waals surface area contributed by atoms with Gasteiger partial charge in [-0.15, -0.1) is 0 Å². The Balaban J connectivity index is 0.000000387. The zero-order chi connectivity index (χ0) is 20.3. The highest BCUT2D eigenvalue weighted by Gasteiger charge is 2.19. The van der Waals surface area contributed by atoms with E-state index in [9.17, 15) is 8.42 Å². The SMILES string of the molecule is CC(C)CCN=[N+]=[N-].COc1nccnc1CS(=O)(=O)c1ccc(N)cc1. The van der Waals surface area contributed by atoms with Crippen LogP contribution >= 0.6 is 0 Å². The summed E-state index contributed by atoms with van der Waals surface area (Å²) in [5.74, 6) is 0.579. The smallest absolute Gasteiger partial charge is 0.236 e. The van der Waals surface area contributed by atoms with Gasteiger partial charge in [-0.3, -0.25) is 4.98 Å². The number of ether oxygens (including phenoxy) is 1. The standard InChI is InChI=1S/C12H13N3O3S.C5H11N3/c1-18-12-11(14-6-7-15-12)8-19(16,17)10-4-2-9(13)3-5-10;1-5(2)3-4-7-8-6/h2-7H,8,13H2,1H3;5H,3-4H2,1-2H3. The number of nitrogens with two attached hydrogens (primary N) is 1. The number of hydrogen-bond acceptors (Lipinski definition) is 7. The molecule has 0 saturated heterocycles. The Bertz CT molecular complexity index is 862. The Labute approximate surface area is 159 Å². The van der Waals surface area contributed by atoms with Crippen molar-refractivity contribution in [3.05, 3.63) is 52.8 Å². The lowest BCUT2D eigenvalue weighted by molar-refractivity contribution is 0.391. The Hall–Kier alpha value is -2.84. The van der Waals surface area contributed by atoms with Crippen molar-refractivity contribution in [2.45, 2.75) is 30.9 Å². The second-order valence-electron chi connectivity index (χ2n) is 5.98. The molecule has 0 aliphatic heterocycles. The van der Waals surface area contributed by atoms with E-state index in [1.165, 1.54) is 31.6 Å². The fourth-order valence-electron chi connectivity index (χ4n) is 1.92. The molecule has 0 fully saturated rings. The van der Waals surface area contributed by atoms with E-state index >= 15 is 0 Å². The molecule has 0 saturated carbocycles. The maximum atomic E-state index is 12.2. The predicted molar refractivity (Wildman–Crippen MR) is 104 cm³/mol. The van der Waals surface area contributed by atoms with Crippen LogP contribution in [0, 0.1) is 5.92 Å². The third-order valence-electron chi connectivity index (χ3n) is 3.36. The van der Waals surface area contributed by atoms with E-state index in [4.69, 9.17) is 16.0 Å². The van der Waals surface area contributed by atoms with Gasteiger partial charge in [0.25, 0.3) is 0 Å². The lowest BCUT2D eigenvalue weighted by Crippen LogP contribution is -2.08. The van der Waals surface area contributed by atoms with Crippen molar-refractivity contribution in [1.82, 2.24) is 9.97 Å². The summed E-state index contributed by atoms with van der Waals surface area (Å²) in [4.78, 5) is 10.7. The second-order valence-corrected chi connectivity index (χ2v) is 7.97. The van der Waals surface area contributed by atoms with Crippen LogP contribution in [0.3, 0.4) is 0 Å². The minimum Gasteiger partial charge on any atom is -0.480 e. The maximum Gasteiger partial charge on any atom is 0.236 e. The molecule has 1 heterocycles. The van der Waals surface area contributed by atoms with Gasteiger partial charge in [0, 0.05) is 29.5 Å². The highest BCUT2D eigenvalue weighted by molar-refractivity contribution is 7.90. The van der Waals surface area contributed by atoms with E-state index in [0.29, 0.717) is 18.2 Å². The molecule has 27 heavy (non-hydrogen) atoms. The number of nitrogen functional groups attached to an aromatic ring is 1. The summed E-state index contributed by atoms with van der Waals surface area (Å²) in [6.07, 6.45) is 3.86. The van der Waals surface area contributed by atoms with Crippen LogP contribution in [0.15, 0.2) is 46.7 Å². The highest BCUT2D eigenvalue weighted by atomic mass is 32.2. The molecule has 10 heteroatoms. The maximum absolute atomic E-state index is 12.2. The first-order valence-corrected chi connectivity index (χ1v) is 9.88. The first kappa shape index (κ1) is 22.2. The molecule has 0 unspecified atom stereocenters. The number of aromatic nitrogens is 2. The molecular weight excluding hydrogens is 368 g/mol. The monoisotopic (exact) mass is 392 g/mol. The number of nitrogens with zero attached hydrogens (tertiary/aromatic N) is 5. The van der Waals surface area contributed by atoms with Crippen LogP contribution in [0.1, 0.15) is 26.0 Å². The molecule has 0 aliphatic carbocycles. The molecule has 0 amide bonds. The third-order valence-corrected chi connectivity index (χ3v) is 5.01. The fourth-order valence-corrected chi connectivity index (χ4v) is 3.20. The summed E-state index contributed by atoms with van der Waals surface area (Å²) < 4.78 is 29.4. The Kier molecular flexibility index (Phi) is 9.04. The van der Waals surface area contributed by atoms with Crippen LogP contribution in [0.2, 0.25) is 0 Å². The zero-order valence-corrected chi connectivity index (χ0v) is 16.4. The lowest BCUT2D eigenvalue weighted by atomic mass is 10.1. The third kappa shape index (κ3) is 7.93. The van der Waals surface area contributed by atoms with E-state index < -0.39 is 9.84 Å². The molecule has 9 nitrogen and oxygen atoms in total. The van der Waals surface area contributed by atoms with Crippen molar-refractivity contribution in [3.63, 3.8) is 0 Å². The van der Waals surface area contributed by atoms with Crippen LogP contribution in [0.4, 0.5) is 5.69 Å². The van der Waals surface area contributed by atoms with E-state index in [0.717, 1.165) is 6.42 Å². The first-order valence-electron chi connectivity index (χ1n) is 8.23. The van der Waals surface area contributed by atoms with Gasteiger partial charge in [-0.05, 0) is 42.1 Å². The van der Waals surface area contributed by atoms with Crippen molar-refractivity contribution in [2.24, 2.45) is 11.0 Å². The summed E-state index contributed by atoms with van der Waals surface area (Å²) in [6.45, 7) is 4.84. The van der Waals surface area contributed by atoms with Gasteiger partial charge in [-0.1, -0.05) is 19.0 Å². The van der Waals surface area contributed by atoms with E-state index in [1.807, 2.05) is 0 Å². The molecule has 1 aromatic heterocycles. The number of sulfone groups is 1. The minimum absolute atomic E-state index is 0.189. The van der Waals surface area contributed by atoms with E-state index in [2.05, 4.69) is 33.8 Å². The molecule has 0 atom stereocenters. The van der Waals surface area contributed by atoms with Gasteiger partial charge in [-0.2, -0.15) is 0 Å². The van der Waals surface area contributed by atoms with Crippen LogP contribution in [-0.2, 0) is 15.6 Å². The number of benzene rings is 1. The molecule has 0 radical (unpaired) electrons. The second kappa shape index (κ2) is 11.0. The van der Waals surface area contributed by atoms with Crippen molar-refractivity contribution < 1.29 is 13.2 Å². The van der Waals surface area contributed by atoms with Crippen molar-refractivity contribution in [2.75, 3.05) is 19.4 Å². The number of azide groups is 1. The summed E-state index contributed by atoms with van der Waals surface area (Å²) >= 11 is 0. The lowest BCUT2D eigenvalue weighted by Gasteiger charge is -2.07. The first-order chi connectivity index (χ1) is 12.8. The number of anilines is 1. The molecule has 1 aromatic carbocycles. The van der Waals surface area contributed by atoms with Crippen LogP contribution in [-0.4, -0.2) is 32.0 Å². The van der Waals surface area contributed by atoms with Crippen LogP contribution in [0.5, 0.6) is 5.88 Å². The van der Waals surface area contributed by atoms with Crippen molar-refractivity contribution >= 4 is 15.5 Å². The Morgan fingerprint density at radius 3 is 2.41 bits per heavy atom. The van der Waals surface area contributed by atoms with E-state index in [-0.39, 0.29) is 22.2 Å². The molecule has 0 bridgehead atoms. The Morgan fingerprint density at radius 1 is 1.22 bits per heavy atom. The van der Waals surface area contributed by atoms with Crippen molar-refractivity contribution in [1.29, 1.82) is 0 Å². The summed E-state index contributed by atoms with van der Waals surface area (Å²) in [6, 6.07) is 6.02. The minimum atomic E-state index is -3.50. The van der Waals surface area contributed by atoms with E-state index in [1.54, 1.807) is 12.1 Å². The van der Waals surface area contributed by atoms with Crippen molar-refractivity contribution in [3.8, 4) is 5.88 Å². The quantitative estimate of drug-likeness (QED) is 0.331. The Morgan fingerprint density at radius 2 is 1.85 bits per heavy atom. The van der Waals surface area contributed by atoms with Crippen LogP contribution < -0.4 is 10.5 Å². The normalized spacial score (nSPS) is 10.5. The summed E-state index contributed by atoms with van der Waals surface area (Å²) in [7, 11) is -2.08. The topological polar surface area (TPSA) is 144 Å². The average Bonchev–Trinajstić information content (AvgIpc) is 2.63. The highest BCUT2D eigenvalue weighted by Crippen LogP contribution is 2.20. The van der Waals surface area contributed by atoms with Gasteiger partial charge in [0.1, 0.15) is 11.4 Å². The fraction of sp³-hybridized carbons (Fsp3) is 0.412. The van der Waals surface area contributed by atoms with Gasteiger partial charge in [0.15, 0.2) is 9.84 Å². The summed E-state index contributed by atoms with van der Waals surface area (Å²) in [5.41, 5.74) is 14.2. The number of rotatable bonds is 7. The molecule has 2 aromatic rings. The van der Waals surface area contributed by atoms with Crippen LogP contribution in [0.25, 0.3) is 10.4 Å². The largest absolute Gasteiger partial charge is 0.480 e. The molecular formula is C17H24N6O3S. The predicted octanol–water partition coefficient (Wildman–Crippen LogP) is 3.38. The molecule has 2 N–H and O–H groups in total. The molecule has 0 spiro atoms. The van der Waals surface area contributed by atoms with Gasteiger partial charge in [-0.25, -0.2) is 13.4 Å². The zero-order valence-electron chi connectivity index (χ0n) is 15.6. The molecule has 2 rings (SSSR count). The average molecular weight is 392 g/mol. The molecule has 146 valence electrons. The summed E-state index contributed by atoms with van der Waals surface area (Å²) in [5, 5.41) is 3.39. The van der Waals surface area contributed by atoms with Gasteiger partial charge < -0.3 is 10.5 Å². The molecule has 0 aliphatic rings. The van der Waals surface area contributed by atoms with Gasteiger partial charge in [0.05, 0.1) is 12.0 Å². The van der Waals surface area contributed by atoms with Gasteiger partial charge in [0.2, 0.25) is 5.88 Å². The number of hydrogen-bond donors (Lipinski definition) is 1.